The minimum Gasteiger partial charge on any atom is -0.356 e. The summed E-state index contributed by atoms with van der Waals surface area (Å²) in [6.07, 6.45) is 4.57. The molecule has 0 aromatic heterocycles. The Kier molecular flexibility index (Phi) is 21.4. The lowest BCUT2D eigenvalue weighted by molar-refractivity contribution is -0.116. The maximum Gasteiger partial charge on any atom is 0.295 e. The molecule has 0 unspecified atom stereocenters. The number of likely N-dealkylation sites (N-methyl/N-ethyl adjacent to an activating group) is 3. The molecule has 23 heavy (non-hydrogen) atoms. The molecule has 0 aromatic carbocycles. The minimum absolute atomic E-state index is 0.0538. The summed E-state index contributed by atoms with van der Waals surface area (Å²) in [7, 11) is 8.63. The zero-order valence-corrected chi connectivity index (χ0v) is 14.8. The summed E-state index contributed by atoms with van der Waals surface area (Å²) in [5.41, 5.74) is 0. The van der Waals surface area contributed by atoms with Gasteiger partial charge in [-0.25, -0.2) is 0 Å². The van der Waals surface area contributed by atoms with Gasteiger partial charge < -0.3 is 20.9 Å². The third kappa shape index (κ3) is 28.3. The number of nitrogens with one attached hydrogen (secondary N) is 3. The average Bonchev–Trinajstić information content (AvgIpc) is 2.54. The van der Waals surface area contributed by atoms with Gasteiger partial charge in [-0.2, -0.15) is 0 Å². The van der Waals surface area contributed by atoms with Gasteiger partial charge in [0.2, 0.25) is 11.8 Å². The van der Waals surface area contributed by atoms with Gasteiger partial charge in [-0.15, -0.1) is 0 Å². The fourth-order valence-corrected chi connectivity index (χ4v) is 0.732. The predicted molar refractivity (Wildman–Crippen MR) is 93.5 cm³/mol. The normalized spacial score (nSPS) is 8.30. The molecule has 0 fully saturated rings. The van der Waals surface area contributed by atoms with E-state index in [1.165, 1.54) is 12.2 Å². The zero-order valence-electron chi connectivity index (χ0n) is 14.8. The van der Waals surface area contributed by atoms with Gasteiger partial charge in [0.1, 0.15) is 0 Å². The summed E-state index contributed by atoms with van der Waals surface area (Å²) >= 11 is 0. The number of nitrogens with zero attached hydrogens (tertiary/aromatic N) is 1. The number of amides is 3. The van der Waals surface area contributed by atoms with Gasteiger partial charge in [0.15, 0.2) is 0 Å². The van der Waals surface area contributed by atoms with E-state index in [-0.39, 0.29) is 17.7 Å². The summed E-state index contributed by atoms with van der Waals surface area (Å²) in [6.45, 7) is 5.64. The second-order valence-corrected chi connectivity index (χ2v) is 4.05. The van der Waals surface area contributed by atoms with Crippen molar-refractivity contribution in [2.45, 2.75) is 6.92 Å². The summed E-state index contributed by atoms with van der Waals surface area (Å²) in [6, 6.07) is 0. The molecule has 0 rings (SSSR count). The van der Waals surface area contributed by atoms with Gasteiger partial charge in [0, 0.05) is 33.8 Å². The van der Waals surface area contributed by atoms with Crippen LogP contribution in [-0.2, 0) is 14.4 Å². The third-order valence-electron chi connectivity index (χ3n) is 1.88. The molecule has 0 aliphatic rings. The second kappa shape index (κ2) is 19.4. The van der Waals surface area contributed by atoms with E-state index < -0.39 is 0 Å². The topological polar surface area (TPSA) is 90.5 Å². The molecule has 0 radical (unpaired) electrons. The van der Waals surface area contributed by atoms with E-state index in [0.717, 1.165) is 6.54 Å². The molecule has 3 amide bonds. The predicted octanol–water partition coefficient (Wildman–Crippen LogP) is -0.476. The summed E-state index contributed by atoms with van der Waals surface area (Å²) in [5.74, 6) is 4.32. The van der Waals surface area contributed by atoms with Crippen LogP contribution >= 0.6 is 0 Å². The molecule has 0 spiro atoms. The lowest BCUT2D eigenvalue weighted by atomic mass is 10.4. The van der Waals surface area contributed by atoms with Crippen LogP contribution in [0.2, 0.25) is 0 Å². The third-order valence-corrected chi connectivity index (χ3v) is 1.88. The van der Waals surface area contributed by atoms with Crippen LogP contribution in [0, 0.1) is 11.8 Å². The molecule has 0 atom stereocenters. The molecule has 130 valence electrons. The number of rotatable bonds is 4. The highest BCUT2D eigenvalue weighted by Gasteiger charge is 1.87. The smallest absolute Gasteiger partial charge is 0.295 e. The maximum atomic E-state index is 10.6. The van der Waals surface area contributed by atoms with Crippen LogP contribution in [0.4, 0.5) is 0 Å². The van der Waals surface area contributed by atoms with Crippen molar-refractivity contribution >= 4 is 17.7 Å². The van der Waals surface area contributed by atoms with Crippen molar-refractivity contribution in [2.24, 2.45) is 0 Å². The monoisotopic (exact) mass is 324 g/mol. The van der Waals surface area contributed by atoms with E-state index >= 15 is 0 Å². The standard InChI is InChI=1S/C7H14N2O.C5H7NO.C4H7NO/c1-8-7(10)5-4-6-9(2)3;1-3-4-5(7)6-2;1-3-4(6)5-2/h4-5H,6H2,1-3H3,(H,8,10);1-2H3,(H,6,7);3H,1H2,2H3,(H,5,6)/b5-4+;;. The first-order valence-electron chi connectivity index (χ1n) is 6.80. The van der Waals surface area contributed by atoms with Gasteiger partial charge in [0.05, 0.1) is 0 Å². The van der Waals surface area contributed by atoms with Crippen LogP contribution < -0.4 is 16.0 Å². The molecule has 3 N–H and O–H groups in total. The highest BCUT2D eigenvalue weighted by molar-refractivity contribution is 5.93. The number of hydrogen-bond acceptors (Lipinski definition) is 4. The highest BCUT2D eigenvalue weighted by Crippen LogP contribution is 1.76. The van der Waals surface area contributed by atoms with Crippen LogP contribution in [0.1, 0.15) is 6.92 Å². The Morgan fingerprint density at radius 3 is 1.78 bits per heavy atom. The number of carbonyl (C=O) groups is 3. The maximum absolute atomic E-state index is 10.6. The largest absolute Gasteiger partial charge is 0.356 e. The van der Waals surface area contributed by atoms with Gasteiger partial charge in [0.25, 0.3) is 5.91 Å². The van der Waals surface area contributed by atoms with Crippen LogP contribution in [0.3, 0.4) is 0 Å². The Balaban J connectivity index is -0.000000272. The van der Waals surface area contributed by atoms with Gasteiger partial charge in [-0.3, -0.25) is 14.4 Å². The lowest BCUT2D eigenvalue weighted by Crippen LogP contribution is -2.16. The Hall–Kier alpha value is -2.59. The molecule has 0 aliphatic heterocycles. The van der Waals surface area contributed by atoms with E-state index in [1.807, 2.05) is 25.1 Å². The van der Waals surface area contributed by atoms with Crippen molar-refractivity contribution in [3.63, 3.8) is 0 Å². The first-order valence-corrected chi connectivity index (χ1v) is 6.80. The number of carbonyl (C=O) groups excluding carboxylic acids is 3. The first kappa shape index (κ1) is 25.4. The fourth-order valence-electron chi connectivity index (χ4n) is 0.732. The van der Waals surface area contributed by atoms with Crippen molar-refractivity contribution in [3.8, 4) is 11.8 Å². The Morgan fingerprint density at radius 2 is 1.57 bits per heavy atom. The highest BCUT2D eigenvalue weighted by atomic mass is 16.2. The van der Waals surface area contributed by atoms with Crippen molar-refractivity contribution in [1.82, 2.24) is 20.9 Å². The number of hydrogen-bond donors (Lipinski definition) is 3. The summed E-state index contributed by atoms with van der Waals surface area (Å²) in [4.78, 5) is 32.6. The Bertz CT molecular complexity index is 446. The first-order chi connectivity index (χ1) is 10.8. The molecular formula is C16H28N4O3. The molecule has 0 saturated carbocycles. The van der Waals surface area contributed by atoms with E-state index in [4.69, 9.17) is 0 Å². The molecule has 7 nitrogen and oxygen atoms in total. The van der Waals surface area contributed by atoms with Crippen LogP contribution in [0.5, 0.6) is 0 Å². The van der Waals surface area contributed by atoms with E-state index in [0.29, 0.717) is 0 Å². The SMILES string of the molecule is C=CC(=O)NC.CC#CC(=O)NC.CNC(=O)/C=C/CN(C)C. The van der Waals surface area contributed by atoms with Gasteiger partial charge in [-0.1, -0.05) is 18.6 Å². The van der Waals surface area contributed by atoms with Crippen molar-refractivity contribution in [3.05, 3.63) is 24.8 Å². The van der Waals surface area contributed by atoms with Crippen molar-refractivity contribution in [2.75, 3.05) is 41.8 Å². The zero-order chi connectivity index (χ0) is 18.7. The lowest BCUT2D eigenvalue weighted by Gasteiger charge is -2.02. The molecule has 0 heterocycles. The molecule has 0 bridgehead atoms. The molecular weight excluding hydrogens is 296 g/mol. The quantitative estimate of drug-likeness (QED) is 0.481. The van der Waals surface area contributed by atoms with Crippen LogP contribution in [0.15, 0.2) is 24.8 Å². The molecule has 0 saturated heterocycles. The Labute approximate surface area is 139 Å². The van der Waals surface area contributed by atoms with E-state index in [1.54, 1.807) is 28.1 Å². The van der Waals surface area contributed by atoms with Crippen LogP contribution in [-0.4, -0.2) is 64.4 Å². The van der Waals surface area contributed by atoms with E-state index in [2.05, 4.69) is 34.4 Å². The van der Waals surface area contributed by atoms with Gasteiger partial charge in [-0.05, 0) is 33.0 Å². The van der Waals surface area contributed by atoms with Crippen LogP contribution in [0.25, 0.3) is 0 Å². The summed E-state index contributed by atoms with van der Waals surface area (Å²) < 4.78 is 0. The molecule has 0 aliphatic carbocycles. The van der Waals surface area contributed by atoms with Crippen molar-refractivity contribution < 1.29 is 14.4 Å². The van der Waals surface area contributed by atoms with Gasteiger partial charge >= 0.3 is 0 Å². The molecule has 7 heteroatoms. The fraction of sp³-hybridized carbons (Fsp3) is 0.438. The Morgan fingerprint density at radius 1 is 1.04 bits per heavy atom. The van der Waals surface area contributed by atoms with Crippen molar-refractivity contribution in [1.29, 1.82) is 0 Å². The molecule has 0 aromatic rings. The second-order valence-electron chi connectivity index (χ2n) is 4.05. The average molecular weight is 324 g/mol. The minimum atomic E-state index is -0.234. The summed E-state index contributed by atoms with van der Waals surface area (Å²) in [5, 5.41) is 7.21. The van der Waals surface area contributed by atoms with E-state index in [9.17, 15) is 14.4 Å².